The monoisotopic (exact) mass is 303 g/mol. The number of halogens is 1. The molecule has 0 aliphatic carbocycles. The summed E-state index contributed by atoms with van der Waals surface area (Å²) in [5, 5.41) is 0.332. The van der Waals surface area contributed by atoms with Crippen molar-refractivity contribution >= 4 is 25.7 Å². The zero-order valence-electron chi connectivity index (χ0n) is 10.9. The van der Waals surface area contributed by atoms with Crippen molar-refractivity contribution in [3.05, 3.63) is 29.3 Å². The van der Waals surface area contributed by atoms with Crippen LogP contribution in [0.25, 0.3) is 0 Å². The normalized spacial score (nSPS) is 13.3. The van der Waals surface area contributed by atoms with Crippen LogP contribution in [0.3, 0.4) is 0 Å². The highest BCUT2D eigenvalue weighted by atomic mass is 35.5. The van der Waals surface area contributed by atoms with Gasteiger partial charge in [0.25, 0.3) is 0 Å². The molecule has 7 heteroatoms. The van der Waals surface area contributed by atoms with Gasteiger partial charge in [0, 0.05) is 0 Å². The highest BCUT2D eigenvalue weighted by molar-refractivity contribution is 7.34. The fraction of sp³-hybridized carbons (Fsp3) is 0.417. The molecule has 19 heavy (non-hydrogen) atoms. The lowest BCUT2D eigenvalue weighted by Crippen LogP contribution is -2.21. The van der Waals surface area contributed by atoms with Crippen molar-refractivity contribution in [1.29, 1.82) is 0 Å². The molecule has 0 aromatic heterocycles. The third kappa shape index (κ3) is 5.55. The van der Waals surface area contributed by atoms with Gasteiger partial charge in [-0.2, -0.15) is 0 Å². The molecule has 1 aromatic rings. The predicted octanol–water partition coefficient (Wildman–Crippen LogP) is 2.91. The number of carbonyl (C=O) groups excluding carboxylic acids is 1. The van der Waals surface area contributed by atoms with Crippen LogP contribution in [0.4, 0.5) is 0 Å². The number of para-hydroxylation sites is 1. The second-order valence-electron chi connectivity index (χ2n) is 4.04. The number of nitrogens with zero attached hydrogens (tertiary/aromatic N) is 1. The molecule has 1 rings (SSSR count). The third-order valence-electron chi connectivity index (χ3n) is 1.97. The van der Waals surface area contributed by atoms with E-state index in [4.69, 9.17) is 20.9 Å². The highest BCUT2D eigenvalue weighted by Gasteiger charge is 2.19. The van der Waals surface area contributed by atoms with Gasteiger partial charge in [0.05, 0.1) is 11.1 Å². The lowest BCUT2D eigenvalue weighted by Gasteiger charge is -2.09. The van der Waals surface area contributed by atoms with Crippen LogP contribution in [-0.4, -0.2) is 18.1 Å². The van der Waals surface area contributed by atoms with Crippen LogP contribution in [0.1, 0.15) is 20.8 Å². The van der Waals surface area contributed by atoms with Crippen LogP contribution in [0.15, 0.2) is 29.0 Å². The Bertz CT molecular complexity index is 479. The fourth-order valence-corrected chi connectivity index (χ4v) is 2.13. The van der Waals surface area contributed by atoms with Gasteiger partial charge in [-0.3, -0.25) is 4.52 Å². The minimum absolute atomic E-state index is 0.243. The van der Waals surface area contributed by atoms with Crippen molar-refractivity contribution in [2.75, 3.05) is 0 Å². The van der Waals surface area contributed by atoms with Crippen molar-refractivity contribution in [3.8, 4) is 5.75 Å². The van der Waals surface area contributed by atoms with Gasteiger partial charge >= 0.3 is 14.1 Å². The summed E-state index contributed by atoms with van der Waals surface area (Å²) >= 11 is 5.85. The summed E-state index contributed by atoms with van der Waals surface area (Å²) in [5.41, 5.74) is 0. The minimum atomic E-state index is -2.38. The smallest absolute Gasteiger partial charge is 0.395 e. The maximum Gasteiger partial charge on any atom is 0.395 e. The summed E-state index contributed by atoms with van der Waals surface area (Å²) in [6.07, 6.45) is -0.243. The average Bonchev–Trinajstić information content (AvgIpc) is 2.31. The van der Waals surface area contributed by atoms with Crippen LogP contribution >= 0.6 is 19.8 Å². The maximum atomic E-state index is 11.7. The first-order chi connectivity index (χ1) is 8.90. The first-order valence-corrected chi connectivity index (χ1v) is 7.22. The highest BCUT2D eigenvalue weighted by Crippen LogP contribution is 2.30. The summed E-state index contributed by atoms with van der Waals surface area (Å²) < 4.78 is 13.7. The van der Waals surface area contributed by atoms with Gasteiger partial charge in [-0.15, -0.1) is 0 Å². The van der Waals surface area contributed by atoms with Crippen molar-refractivity contribution in [1.82, 2.24) is 0 Å². The molecular weight excluding hydrogens is 289 g/mol. The molecular formula is C12H15ClNO4P. The largest absolute Gasteiger partial charge is 0.575 e. The SMILES string of the molecule is CC(C)OC(=O)C(C)N=[P+]([O-])Oc1ccccc1Cl. The van der Waals surface area contributed by atoms with Gasteiger partial charge in [0.15, 0.2) is 6.04 Å². The molecule has 0 bridgehead atoms. The maximum absolute atomic E-state index is 11.7. The molecule has 0 saturated carbocycles. The first kappa shape index (κ1) is 15.9. The zero-order valence-corrected chi connectivity index (χ0v) is 12.5. The number of rotatable bonds is 5. The summed E-state index contributed by atoms with van der Waals surface area (Å²) in [6, 6.07) is 5.75. The molecule has 1 aromatic carbocycles. The Hall–Kier alpha value is -1.16. The number of esters is 1. The van der Waals surface area contributed by atoms with Crippen LogP contribution in [0.5, 0.6) is 5.75 Å². The molecule has 0 heterocycles. The lowest BCUT2D eigenvalue weighted by molar-refractivity contribution is -0.170. The summed E-state index contributed by atoms with van der Waals surface area (Å²) in [7, 11) is -2.38. The van der Waals surface area contributed by atoms with Gasteiger partial charge in [0.2, 0.25) is 5.75 Å². The lowest BCUT2D eigenvalue weighted by atomic mass is 10.3. The zero-order chi connectivity index (χ0) is 14.4. The Morgan fingerprint density at radius 2 is 2.00 bits per heavy atom. The molecule has 5 nitrogen and oxygen atoms in total. The molecule has 0 fully saturated rings. The Labute approximate surface area is 118 Å². The number of hydrogen-bond acceptors (Lipinski definition) is 5. The molecule has 0 saturated heterocycles. The third-order valence-corrected chi connectivity index (χ3v) is 3.17. The fourth-order valence-electron chi connectivity index (χ4n) is 1.15. The van der Waals surface area contributed by atoms with Crippen molar-refractivity contribution in [2.45, 2.75) is 32.9 Å². The number of ether oxygens (including phenoxy) is 1. The molecule has 0 radical (unpaired) electrons. The topological polar surface area (TPSA) is 71.0 Å². The number of carbonyl (C=O) groups is 1. The summed E-state index contributed by atoms with van der Waals surface area (Å²) in [4.78, 5) is 23.1. The van der Waals surface area contributed by atoms with E-state index in [1.54, 1.807) is 38.1 Å². The average molecular weight is 304 g/mol. The van der Waals surface area contributed by atoms with Crippen LogP contribution in [0.2, 0.25) is 5.02 Å². The van der Waals surface area contributed by atoms with E-state index in [0.29, 0.717) is 5.02 Å². The van der Waals surface area contributed by atoms with E-state index in [2.05, 4.69) is 4.74 Å². The minimum Gasteiger partial charge on any atom is -0.575 e. The predicted molar refractivity (Wildman–Crippen MR) is 72.1 cm³/mol. The van der Waals surface area contributed by atoms with Crippen LogP contribution < -0.4 is 9.42 Å². The quantitative estimate of drug-likeness (QED) is 0.619. The Kier molecular flexibility index (Phi) is 6.22. The van der Waals surface area contributed by atoms with Crippen LogP contribution in [0, 0.1) is 0 Å². The van der Waals surface area contributed by atoms with Crippen molar-refractivity contribution in [2.24, 2.45) is 4.74 Å². The van der Waals surface area contributed by atoms with Crippen molar-refractivity contribution < 1.29 is 18.9 Å². The molecule has 0 aliphatic heterocycles. The molecule has 0 spiro atoms. The van der Waals surface area contributed by atoms with Crippen molar-refractivity contribution in [3.63, 3.8) is 0 Å². The number of benzene rings is 1. The van der Waals surface area contributed by atoms with Crippen LogP contribution in [-0.2, 0) is 9.53 Å². The van der Waals surface area contributed by atoms with Gasteiger partial charge in [-0.25, -0.2) is 4.79 Å². The second kappa shape index (κ2) is 7.43. The van der Waals surface area contributed by atoms with E-state index >= 15 is 0 Å². The van der Waals surface area contributed by atoms with E-state index in [0.717, 1.165) is 0 Å². The van der Waals surface area contributed by atoms with Gasteiger partial charge in [-0.1, -0.05) is 28.5 Å². The van der Waals surface area contributed by atoms with E-state index in [1.807, 2.05) is 0 Å². The Balaban J connectivity index is 2.67. The van der Waals surface area contributed by atoms with E-state index in [1.165, 1.54) is 6.92 Å². The first-order valence-electron chi connectivity index (χ1n) is 5.71. The number of hydrogen-bond donors (Lipinski definition) is 0. The molecule has 2 unspecified atom stereocenters. The van der Waals surface area contributed by atoms with E-state index in [9.17, 15) is 9.69 Å². The summed E-state index contributed by atoms with van der Waals surface area (Å²) in [6.45, 7) is 4.95. The van der Waals surface area contributed by atoms with Gasteiger partial charge in [-0.05, 0) is 32.9 Å². The van der Waals surface area contributed by atoms with E-state index in [-0.39, 0.29) is 11.9 Å². The Morgan fingerprint density at radius 3 is 2.58 bits per heavy atom. The molecule has 2 atom stereocenters. The molecule has 104 valence electrons. The second-order valence-corrected chi connectivity index (χ2v) is 5.33. The molecule has 0 N–H and O–H groups in total. The molecule has 0 amide bonds. The summed E-state index contributed by atoms with van der Waals surface area (Å²) in [5.74, 6) is -0.278. The van der Waals surface area contributed by atoms with Gasteiger partial charge in [0.1, 0.15) is 0 Å². The van der Waals surface area contributed by atoms with Gasteiger partial charge < -0.3 is 9.63 Å². The Morgan fingerprint density at radius 1 is 1.37 bits per heavy atom. The van der Waals surface area contributed by atoms with E-state index < -0.39 is 20.2 Å². The molecule has 0 aliphatic rings. The standard InChI is InChI=1S/C12H15ClNO4P/c1-8(2)17-12(15)9(3)14-19(16)18-11-7-5-4-6-10(11)13/h4-9H,1-3H3.